The number of ether oxygens (including phenoxy) is 5. The zero-order valence-corrected chi connectivity index (χ0v) is 20.6. The summed E-state index contributed by atoms with van der Waals surface area (Å²) in [6, 6.07) is 12.7. The summed E-state index contributed by atoms with van der Waals surface area (Å²) >= 11 is 0. The van der Waals surface area contributed by atoms with Crippen LogP contribution in [0.5, 0.6) is 17.2 Å². The molecule has 2 aliphatic heterocycles. The van der Waals surface area contributed by atoms with Crippen molar-refractivity contribution in [3.05, 3.63) is 77.6 Å². The number of amides is 1. The number of aliphatic hydroxyl groups is 1. The number of rotatable bonds is 5. The van der Waals surface area contributed by atoms with Crippen molar-refractivity contribution in [3.63, 3.8) is 0 Å². The highest BCUT2D eigenvalue weighted by Gasteiger charge is 2.83. The van der Waals surface area contributed by atoms with E-state index in [0.29, 0.717) is 29.2 Å². The highest BCUT2D eigenvalue weighted by Crippen LogP contribution is 2.71. The Morgan fingerprint density at radius 3 is 2.50 bits per heavy atom. The number of methoxy groups -OCH3 is 3. The Balaban J connectivity index is 1.67. The van der Waals surface area contributed by atoms with Gasteiger partial charge in [0.2, 0.25) is 0 Å². The standard InChI is InChI=1S/C28H29NO7/c1-26(12-10-17(32-2)11-13-26)28-21(16-8-6-5-7-9-16)23-24(35-25(30)29-23)27(28,31)22-19(34-4)14-18(33-3)15-20(22)36-28/h5-12,14-15,21,23-24,31H,13H2,1-4H3,(H,29,30)/t21-,23-,24-,26?,27+,28-/m1/s1. The molecule has 2 N–H and O–H groups in total. The van der Waals surface area contributed by atoms with Gasteiger partial charge in [-0.1, -0.05) is 43.3 Å². The second kappa shape index (κ2) is 7.67. The third-order valence-corrected chi connectivity index (χ3v) is 8.35. The molecule has 2 aliphatic carbocycles. The summed E-state index contributed by atoms with van der Waals surface area (Å²) in [5, 5.41) is 16.0. The van der Waals surface area contributed by atoms with Crippen LogP contribution in [0.1, 0.15) is 30.4 Å². The molecule has 1 saturated heterocycles. The Morgan fingerprint density at radius 1 is 1.08 bits per heavy atom. The lowest BCUT2D eigenvalue weighted by Gasteiger charge is -2.51. The first kappa shape index (κ1) is 22.8. The third-order valence-electron chi connectivity index (χ3n) is 8.35. The molecule has 6 atom stereocenters. The van der Waals surface area contributed by atoms with Crippen molar-refractivity contribution in [2.45, 2.75) is 42.6 Å². The fourth-order valence-corrected chi connectivity index (χ4v) is 6.83. The Kier molecular flexibility index (Phi) is 4.86. The maximum Gasteiger partial charge on any atom is 0.407 e. The fraction of sp³-hybridized carbons (Fsp3) is 0.393. The van der Waals surface area contributed by atoms with E-state index < -0.39 is 40.8 Å². The second-order valence-electron chi connectivity index (χ2n) is 9.96. The van der Waals surface area contributed by atoms with Gasteiger partial charge in [0.1, 0.15) is 23.0 Å². The van der Waals surface area contributed by atoms with Crippen molar-refractivity contribution in [2.24, 2.45) is 5.41 Å². The summed E-state index contributed by atoms with van der Waals surface area (Å²) in [7, 11) is 4.73. The van der Waals surface area contributed by atoms with Crippen molar-refractivity contribution < 1.29 is 33.6 Å². The van der Waals surface area contributed by atoms with Crippen molar-refractivity contribution in [1.82, 2.24) is 5.32 Å². The van der Waals surface area contributed by atoms with Gasteiger partial charge >= 0.3 is 6.09 Å². The maximum absolute atomic E-state index is 13.0. The van der Waals surface area contributed by atoms with Crippen LogP contribution >= 0.6 is 0 Å². The third kappa shape index (κ3) is 2.65. The summed E-state index contributed by atoms with van der Waals surface area (Å²) in [5.74, 6) is 1.65. The zero-order chi connectivity index (χ0) is 25.3. The zero-order valence-electron chi connectivity index (χ0n) is 20.6. The monoisotopic (exact) mass is 491 g/mol. The number of alkyl carbamates (subject to hydrolysis) is 1. The lowest BCUT2D eigenvalue weighted by atomic mass is 9.58. The quantitative estimate of drug-likeness (QED) is 0.657. The minimum Gasteiger partial charge on any atom is -0.497 e. The van der Waals surface area contributed by atoms with Crippen LogP contribution in [0.3, 0.4) is 0 Å². The Hall–Kier alpha value is -3.65. The maximum atomic E-state index is 13.0. The van der Waals surface area contributed by atoms with Crippen molar-refractivity contribution >= 4 is 6.09 Å². The first-order valence-electron chi connectivity index (χ1n) is 12.0. The van der Waals surface area contributed by atoms with Gasteiger partial charge < -0.3 is 34.1 Å². The average molecular weight is 492 g/mol. The van der Waals surface area contributed by atoms with E-state index in [2.05, 4.69) is 12.2 Å². The molecule has 1 unspecified atom stereocenters. The van der Waals surface area contributed by atoms with Gasteiger partial charge in [0.25, 0.3) is 0 Å². The molecule has 8 nitrogen and oxygen atoms in total. The molecule has 0 radical (unpaired) electrons. The van der Waals surface area contributed by atoms with E-state index in [1.807, 2.05) is 48.6 Å². The van der Waals surface area contributed by atoms with E-state index in [-0.39, 0.29) is 0 Å². The van der Waals surface area contributed by atoms with Gasteiger partial charge in [-0.25, -0.2) is 4.79 Å². The van der Waals surface area contributed by atoms with Crippen LogP contribution < -0.4 is 19.5 Å². The number of benzene rings is 2. The number of allylic oxidation sites excluding steroid dienone is 2. The van der Waals surface area contributed by atoms with E-state index in [4.69, 9.17) is 23.7 Å². The molecule has 1 saturated carbocycles. The predicted octanol–water partition coefficient (Wildman–Crippen LogP) is 3.79. The summed E-state index contributed by atoms with van der Waals surface area (Å²) in [6.45, 7) is 2.06. The molecule has 36 heavy (non-hydrogen) atoms. The van der Waals surface area contributed by atoms with Crippen LogP contribution in [0.2, 0.25) is 0 Å². The summed E-state index contributed by atoms with van der Waals surface area (Å²) < 4.78 is 29.6. The van der Waals surface area contributed by atoms with Crippen LogP contribution in [-0.2, 0) is 15.1 Å². The molecule has 2 heterocycles. The summed E-state index contributed by atoms with van der Waals surface area (Å²) in [4.78, 5) is 12.6. The molecule has 1 amide bonds. The Bertz CT molecular complexity index is 1290. The van der Waals surface area contributed by atoms with Gasteiger partial charge in [-0.05, 0) is 24.1 Å². The van der Waals surface area contributed by atoms with Gasteiger partial charge in [0.15, 0.2) is 17.3 Å². The van der Waals surface area contributed by atoms with E-state index in [1.54, 1.807) is 26.4 Å². The molecule has 0 aromatic heterocycles. The van der Waals surface area contributed by atoms with Crippen molar-refractivity contribution in [2.75, 3.05) is 21.3 Å². The van der Waals surface area contributed by atoms with Gasteiger partial charge in [0, 0.05) is 17.5 Å². The number of fused-ring (bicyclic) bond motifs is 5. The van der Waals surface area contributed by atoms with Gasteiger partial charge in [0.05, 0.1) is 38.9 Å². The Morgan fingerprint density at radius 2 is 1.86 bits per heavy atom. The first-order chi connectivity index (χ1) is 17.3. The molecule has 0 spiro atoms. The van der Waals surface area contributed by atoms with E-state index in [1.165, 1.54) is 7.11 Å². The lowest BCUT2D eigenvalue weighted by Crippen LogP contribution is -2.63. The van der Waals surface area contributed by atoms with Crippen LogP contribution in [-0.4, -0.2) is 50.3 Å². The molecule has 6 rings (SSSR count). The van der Waals surface area contributed by atoms with Crippen LogP contribution in [0.4, 0.5) is 4.79 Å². The lowest BCUT2D eigenvalue weighted by molar-refractivity contribution is -0.183. The fourth-order valence-electron chi connectivity index (χ4n) is 6.83. The van der Waals surface area contributed by atoms with Gasteiger partial charge in [-0.2, -0.15) is 0 Å². The molecule has 8 heteroatoms. The topological polar surface area (TPSA) is 95.5 Å². The summed E-state index contributed by atoms with van der Waals surface area (Å²) in [6.07, 6.45) is 4.97. The van der Waals surface area contributed by atoms with E-state index in [0.717, 1.165) is 11.3 Å². The molecular formula is C28H29NO7. The molecule has 188 valence electrons. The smallest absolute Gasteiger partial charge is 0.407 e. The first-order valence-corrected chi connectivity index (χ1v) is 12.0. The molecule has 2 aromatic carbocycles. The minimum absolute atomic E-state index is 0.403. The Labute approximate surface area is 209 Å². The van der Waals surface area contributed by atoms with Crippen molar-refractivity contribution in [3.8, 4) is 17.2 Å². The SMILES string of the molecule is COC1=CCC(C)([C@@]23Oc4cc(OC)cc(OC)c4[C@]2(O)[C@@H]2OC(=O)N[C@@H]2[C@H]3c2ccccc2)C=C1. The van der Waals surface area contributed by atoms with Crippen LogP contribution in [0.15, 0.2) is 66.5 Å². The number of nitrogens with one attached hydrogen (secondary N) is 1. The highest BCUT2D eigenvalue weighted by molar-refractivity contribution is 5.74. The van der Waals surface area contributed by atoms with Gasteiger partial charge in [-0.15, -0.1) is 0 Å². The van der Waals surface area contributed by atoms with E-state index in [9.17, 15) is 9.90 Å². The number of hydrogen-bond acceptors (Lipinski definition) is 7. The highest BCUT2D eigenvalue weighted by atomic mass is 16.6. The molecule has 0 bridgehead atoms. The van der Waals surface area contributed by atoms with Crippen LogP contribution in [0, 0.1) is 5.41 Å². The molecule has 2 aromatic rings. The van der Waals surface area contributed by atoms with Gasteiger partial charge in [-0.3, -0.25) is 0 Å². The van der Waals surface area contributed by atoms with E-state index >= 15 is 0 Å². The number of carbonyl (C=O) groups is 1. The molecule has 4 aliphatic rings. The summed E-state index contributed by atoms with van der Waals surface area (Å²) in [5.41, 5.74) is -2.39. The second-order valence-corrected chi connectivity index (χ2v) is 9.96. The largest absolute Gasteiger partial charge is 0.497 e. The molecule has 2 fully saturated rings. The average Bonchev–Trinajstić information content (AvgIpc) is 3.47. The number of hydrogen-bond donors (Lipinski definition) is 2. The molecular weight excluding hydrogens is 462 g/mol. The van der Waals surface area contributed by atoms with Crippen LogP contribution in [0.25, 0.3) is 0 Å². The normalized spacial score (nSPS) is 35.5. The minimum atomic E-state index is -1.75. The number of carbonyl (C=O) groups excluding carboxylic acids is 1. The van der Waals surface area contributed by atoms with Crippen molar-refractivity contribution in [1.29, 1.82) is 0 Å². The predicted molar refractivity (Wildman–Crippen MR) is 130 cm³/mol.